The molecule has 3 heteroatoms. The highest BCUT2D eigenvalue weighted by atomic mass is 16.5. The molecule has 3 nitrogen and oxygen atoms in total. The zero-order chi connectivity index (χ0) is 13.5. The van der Waals surface area contributed by atoms with Gasteiger partial charge in [0.05, 0.1) is 19.8 Å². The van der Waals surface area contributed by atoms with Gasteiger partial charge in [-0.25, -0.2) is 0 Å². The van der Waals surface area contributed by atoms with Crippen molar-refractivity contribution < 1.29 is 14.6 Å². The molecule has 0 unspecified atom stereocenters. The van der Waals surface area contributed by atoms with Gasteiger partial charge in [0, 0.05) is 11.6 Å². The second-order valence-electron chi connectivity index (χ2n) is 4.96. The quantitative estimate of drug-likeness (QED) is 0.754. The maximum absolute atomic E-state index is 9.69. The van der Waals surface area contributed by atoms with E-state index in [4.69, 9.17) is 9.47 Å². The van der Waals surface area contributed by atoms with Gasteiger partial charge < -0.3 is 14.6 Å². The smallest absolute Gasteiger partial charge is 0.128 e. The number of hydrogen-bond acceptors (Lipinski definition) is 3. The van der Waals surface area contributed by atoms with Gasteiger partial charge in [0.15, 0.2) is 0 Å². The van der Waals surface area contributed by atoms with Crippen molar-refractivity contribution in [3.05, 3.63) is 23.8 Å². The third-order valence-corrected chi connectivity index (χ3v) is 2.85. The Hall–Kier alpha value is -1.22. The Kier molecular flexibility index (Phi) is 5.99. The van der Waals surface area contributed by atoms with Gasteiger partial charge in [-0.1, -0.05) is 13.8 Å². The standard InChI is InChI=1S/C15H24O3/c1-11(2)6-5-9-18-15-10-13(17-4)7-8-14(15)12(3)16/h7-8,10-12,16H,5-6,9H2,1-4H3/t12-/m0/s1. The lowest BCUT2D eigenvalue weighted by Crippen LogP contribution is -2.04. The lowest BCUT2D eigenvalue weighted by atomic mass is 10.1. The van der Waals surface area contributed by atoms with Gasteiger partial charge in [0.2, 0.25) is 0 Å². The molecule has 1 atom stereocenters. The van der Waals surface area contributed by atoms with Crippen LogP contribution in [-0.4, -0.2) is 18.8 Å². The molecule has 0 aliphatic heterocycles. The Morgan fingerprint density at radius 3 is 2.50 bits per heavy atom. The molecule has 0 fully saturated rings. The second-order valence-corrected chi connectivity index (χ2v) is 4.96. The summed E-state index contributed by atoms with van der Waals surface area (Å²) in [5.41, 5.74) is 0.806. The summed E-state index contributed by atoms with van der Waals surface area (Å²) in [4.78, 5) is 0. The van der Waals surface area contributed by atoms with E-state index in [0.717, 1.165) is 24.2 Å². The van der Waals surface area contributed by atoms with Crippen LogP contribution in [0.5, 0.6) is 11.5 Å². The molecule has 0 saturated heterocycles. The first-order valence-corrected chi connectivity index (χ1v) is 6.53. The van der Waals surface area contributed by atoms with Crippen molar-refractivity contribution in [1.82, 2.24) is 0 Å². The molecule has 1 aromatic carbocycles. The molecule has 0 amide bonds. The summed E-state index contributed by atoms with van der Waals surface area (Å²) in [7, 11) is 1.62. The van der Waals surface area contributed by atoms with E-state index >= 15 is 0 Å². The highest BCUT2D eigenvalue weighted by Crippen LogP contribution is 2.29. The number of hydrogen-bond donors (Lipinski definition) is 1. The van der Waals surface area contributed by atoms with E-state index in [1.54, 1.807) is 14.0 Å². The minimum atomic E-state index is -0.531. The first-order valence-electron chi connectivity index (χ1n) is 6.53. The summed E-state index contributed by atoms with van der Waals surface area (Å²) in [6.07, 6.45) is 1.64. The van der Waals surface area contributed by atoms with Crippen molar-refractivity contribution in [2.75, 3.05) is 13.7 Å². The van der Waals surface area contributed by atoms with E-state index in [0.29, 0.717) is 18.3 Å². The number of benzene rings is 1. The van der Waals surface area contributed by atoms with Crippen LogP contribution >= 0.6 is 0 Å². The topological polar surface area (TPSA) is 38.7 Å². The van der Waals surface area contributed by atoms with Gasteiger partial charge in [-0.3, -0.25) is 0 Å². The highest BCUT2D eigenvalue weighted by molar-refractivity contribution is 5.41. The average Bonchev–Trinajstić information content (AvgIpc) is 2.33. The van der Waals surface area contributed by atoms with Gasteiger partial charge in [-0.05, 0) is 37.8 Å². The summed E-state index contributed by atoms with van der Waals surface area (Å²) in [6, 6.07) is 5.52. The second kappa shape index (κ2) is 7.27. The summed E-state index contributed by atoms with van der Waals surface area (Å²) in [5, 5.41) is 9.69. The summed E-state index contributed by atoms with van der Waals surface area (Å²) < 4.78 is 10.9. The molecular weight excluding hydrogens is 228 g/mol. The van der Waals surface area contributed by atoms with Crippen molar-refractivity contribution in [2.24, 2.45) is 5.92 Å². The molecule has 0 aromatic heterocycles. The van der Waals surface area contributed by atoms with E-state index < -0.39 is 6.10 Å². The molecule has 0 bridgehead atoms. The fraction of sp³-hybridized carbons (Fsp3) is 0.600. The lowest BCUT2D eigenvalue weighted by Gasteiger charge is -2.15. The van der Waals surface area contributed by atoms with Crippen LogP contribution in [0.4, 0.5) is 0 Å². The van der Waals surface area contributed by atoms with Crippen LogP contribution < -0.4 is 9.47 Å². The number of methoxy groups -OCH3 is 1. The third-order valence-electron chi connectivity index (χ3n) is 2.85. The molecule has 1 N–H and O–H groups in total. The Morgan fingerprint density at radius 2 is 1.94 bits per heavy atom. The molecule has 0 aliphatic rings. The Balaban J connectivity index is 2.66. The van der Waals surface area contributed by atoms with E-state index in [2.05, 4.69) is 13.8 Å². The zero-order valence-corrected chi connectivity index (χ0v) is 11.8. The average molecular weight is 252 g/mol. The van der Waals surface area contributed by atoms with Crippen molar-refractivity contribution >= 4 is 0 Å². The fourth-order valence-electron chi connectivity index (χ4n) is 1.79. The minimum Gasteiger partial charge on any atom is -0.497 e. The molecule has 0 radical (unpaired) electrons. The van der Waals surface area contributed by atoms with E-state index in [1.807, 2.05) is 18.2 Å². The van der Waals surface area contributed by atoms with Crippen LogP contribution in [-0.2, 0) is 0 Å². The lowest BCUT2D eigenvalue weighted by molar-refractivity contribution is 0.190. The van der Waals surface area contributed by atoms with E-state index in [-0.39, 0.29) is 0 Å². The molecule has 0 saturated carbocycles. The van der Waals surface area contributed by atoms with E-state index in [1.165, 1.54) is 0 Å². The fourth-order valence-corrected chi connectivity index (χ4v) is 1.79. The monoisotopic (exact) mass is 252 g/mol. The van der Waals surface area contributed by atoms with Crippen molar-refractivity contribution in [1.29, 1.82) is 0 Å². The Bertz CT molecular complexity index is 359. The number of aliphatic hydroxyl groups excluding tert-OH is 1. The summed E-state index contributed by atoms with van der Waals surface area (Å²) in [6.45, 7) is 6.81. The largest absolute Gasteiger partial charge is 0.497 e. The maximum Gasteiger partial charge on any atom is 0.128 e. The highest BCUT2D eigenvalue weighted by Gasteiger charge is 2.10. The zero-order valence-electron chi connectivity index (χ0n) is 11.8. The predicted molar refractivity (Wildman–Crippen MR) is 73.2 cm³/mol. The minimum absolute atomic E-state index is 0.531. The van der Waals surface area contributed by atoms with Gasteiger partial charge in [-0.15, -0.1) is 0 Å². The van der Waals surface area contributed by atoms with E-state index in [9.17, 15) is 5.11 Å². The van der Waals surface area contributed by atoms with Crippen molar-refractivity contribution in [3.8, 4) is 11.5 Å². The van der Waals surface area contributed by atoms with Gasteiger partial charge in [-0.2, -0.15) is 0 Å². The molecular formula is C15H24O3. The molecule has 0 spiro atoms. The van der Waals surface area contributed by atoms with Crippen LogP contribution in [0.2, 0.25) is 0 Å². The maximum atomic E-state index is 9.69. The number of ether oxygens (including phenoxy) is 2. The third kappa shape index (κ3) is 4.57. The van der Waals surface area contributed by atoms with Gasteiger partial charge in [0.25, 0.3) is 0 Å². The molecule has 1 aromatic rings. The number of rotatable bonds is 7. The SMILES string of the molecule is COc1ccc([C@H](C)O)c(OCCCC(C)C)c1. The molecule has 0 heterocycles. The number of aliphatic hydroxyl groups is 1. The summed E-state index contributed by atoms with van der Waals surface area (Å²) >= 11 is 0. The molecule has 18 heavy (non-hydrogen) atoms. The van der Waals surface area contributed by atoms with Crippen LogP contribution in [0.25, 0.3) is 0 Å². The predicted octanol–water partition coefficient (Wildman–Crippen LogP) is 3.56. The van der Waals surface area contributed by atoms with Gasteiger partial charge >= 0.3 is 0 Å². The summed E-state index contributed by atoms with van der Waals surface area (Å²) in [5.74, 6) is 2.15. The Labute approximate surface area is 110 Å². The van der Waals surface area contributed by atoms with Crippen molar-refractivity contribution in [2.45, 2.75) is 39.7 Å². The van der Waals surface area contributed by atoms with Crippen LogP contribution in [0.3, 0.4) is 0 Å². The molecule has 0 aliphatic carbocycles. The molecule has 1 rings (SSSR count). The normalized spacial score (nSPS) is 12.6. The van der Waals surface area contributed by atoms with Crippen LogP contribution in [0.1, 0.15) is 45.3 Å². The van der Waals surface area contributed by atoms with Gasteiger partial charge in [0.1, 0.15) is 11.5 Å². The van der Waals surface area contributed by atoms with Crippen molar-refractivity contribution in [3.63, 3.8) is 0 Å². The first-order chi connectivity index (χ1) is 8.54. The Morgan fingerprint density at radius 1 is 1.22 bits per heavy atom. The van der Waals surface area contributed by atoms with Crippen LogP contribution in [0, 0.1) is 5.92 Å². The molecule has 102 valence electrons. The van der Waals surface area contributed by atoms with Crippen LogP contribution in [0.15, 0.2) is 18.2 Å². The first kappa shape index (κ1) is 14.8.